The van der Waals surface area contributed by atoms with Crippen LogP contribution in [0.4, 0.5) is 0 Å². The lowest BCUT2D eigenvalue weighted by atomic mass is 9.92. The molecule has 9 nitrogen and oxygen atoms in total. The van der Waals surface area contributed by atoms with E-state index in [1.54, 1.807) is 6.92 Å². The van der Waals surface area contributed by atoms with Gasteiger partial charge in [0.25, 0.3) is 0 Å². The molecule has 5 N–H and O–H groups in total. The van der Waals surface area contributed by atoms with Crippen LogP contribution in [-0.4, -0.2) is 76.7 Å². The van der Waals surface area contributed by atoms with E-state index >= 15 is 0 Å². The first kappa shape index (κ1) is 24.8. The Hall–Kier alpha value is -1.26. The van der Waals surface area contributed by atoms with Crippen LogP contribution in [0.5, 0.6) is 0 Å². The van der Waals surface area contributed by atoms with Crippen LogP contribution in [0.2, 0.25) is 0 Å². The minimum atomic E-state index is -1.15. The predicted molar refractivity (Wildman–Crippen MR) is 100 cm³/mol. The van der Waals surface area contributed by atoms with Crippen LogP contribution >= 0.6 is 0 Å². The summed E-state index contributed by atoms with van der Waals surface area (Å²) in [6.45, 7) is 2.16. The summed E-state index contributed by atoms with van der Waals surface area (Å²) in [6.07, 6.45) is 1.59. The van der Waals surface area contributed by atoms with Crippen molar-refractivity contribution in [2.45, 2.75) is 82.9 Å². The number of carboxylic acid groups (broad SMARTS) is 1. The maximum atomic E-state index is 11.8. The molecular formula is C19H35NO8. The number of carboxylic acids is 1. The van der Waals surface area contributed by atoms with Crippen LogP contribution in [0.25, 0.3) is 0 Å². The molecule has 1 saturated heterocycles. The number of unbranched alkanes of at least 4 members (excludes halogenated alkanes) is 4. The van der Waals surface area contributed by atoms with Gasteiger partial charge in [0.2, 0.25) is 5.91 Å². The van der Waals surface area contributed by atoms with Crippen molar-refractivity contribution in [3.63, 3.8) is 0 Å². The summed E-state index contributed by atoms with van der Waals surface area (Å²) in [5.74, 6) is -1.26. The first-order valence-corrected chi connectivity index (χ1v) is 10.1. The van der Waals surface area contributed by atoms with Crippen LogP contribution in [0, 0.1) is 5.92 Å². The second-order valence-electron chi connectivity index (χ2n) is 7.30. The summed E-state index contributed by atoms with van der Waals surface area (Å²) in [7, 11) is 0. The van der Waals surface area contributed by atoms with Crippen LogP contribution in [0.1, 0.15) is 58.3 Å². The van der Waals surface area contributed by atoms with E-state index in [0.29, 0.717) is 25.8 Å². The van der Waals surface area contributed by atoms with Gasteiger partial charge < -0.3 is 35.2 Å². The normalized spacial score (nSPS) is 27.5. The number of hydrogen-bond donors (Lipinski definition) is 5. The molecule has 0 aromatic carbocycles. The van der Waals surface area contributed by atoms with Gasteiger partial charge in [-0.25, -0.2) is 0 Å². The molecule has 1 fully saturated rings. The average molecular weight is 405 g/mol. The lowest BCUT2D eigenvalue weighted by Gasteiger charge is -2.40. The van der Waals surface area contributed by atoms with Crippen LogP contribution in [-0.2, 0) is 19.1 Å². The molecule has 1 heterocycles. The fraction of sp³-hybridized carbons (Fsp3) is 0.895. The third-order valence-electron chi connectivity index (χ3n) is 4.91. The van der Waals surface area contributed by atoms with Crippen LogP contribution in [0.3, 0.4) is 0 Å². The highest BCUT2D eigenvalue weighted by Crippen LogP contribution is 2.26. The van der Waals surface area contributed by atoms with E-state index < -0.39 is 43.1 Å². The minimum Gasteiger partial charge on any atom is -0.481 e. The number of hydrogen-bond acceptors (Lipinski definition) is 7. The second-order valence-corrected chi connectivity index (χ2v) is 7.30. The fourth-order valence-electron chi connectivity index (χ4n) is 3.09. The number of ether oxygens (including phenoxy) is 2. The number of carbonyl (C=O) groups excluding carboxylic acids is 1. The first-order valence-electron chi connectivity index (χ1n) is 10.1. The second kappa shape index (κ2) is 13.8. The fourth-order valence-corrected chi connectivity index (χ4v) is 3.09. The van der Waals surface area contributed by atoms with Crippen molar-refractivity contribution in [2.75, 3.05) is 19.8 Å². The Balaban J connectivity index is 2.05. The van der Waals surface area contributed by atoms with E-state index in [1.165, 1.54) is 0 Å². The Labute approximate surface area is 166 Å². The molecule has 5 unspecified atom stereocenters. The average Bonchev–Trinajstić information content (AvgIpc) is 2.66. The Morgan fingerprint density at radius 3 is 2.36 bits per heavy atom. The maximum absolute atomic E-state index is 11.8. The number of carbonyl (C=O) groups is 2. The van der Waals surface area contributed by atoms with Gasteiger partial charge in [-0.2, -0.15) is 0 Å². The summed E-state index contributed by atoms with van der Waals surface area (Å²) in [4.78, 5) is 22.2. The largest absolute Gasteiger partial charge is 0.481 e. The van der Waals surface area contributed by atoms with E-state index in [1.807, 2.05) is 0 Å². The molecule has 0 spiro atoms. The van der Waals surface area contributed by atoms with Gasteiger partial charge in [0.05, 0.1) is 19.3 Å². The standard InChI is InChI=1S/C19H35NO8/c1-13-17(25)18(26)14(12-21)28-19(13)27-11-7-8-15(22)20-10-6-4-2-3-5-9-16(23)24/h13-14,17-19,21,25-26H,2-12H2,1H3,(H,20,22)(H,23,24). The molecule has 9 heteroatoms. The maximum Gasteiger partial charge on any atom is 0.303 e. The molecule has 164 valence electrons. The van der Waals surface area contributed by atoms with Gasteiger partial charge >= 0.3 is 5.97 Å². The Kier molecular flexibility index (Phi) is 12.2. The van der Waals surface area contributed by atoms with E-state index in [2.05, 4.69) is 5.32 Å². The lowest BCUT2D eigenvalue weighted by Crippen LogP contribution is -2.55. The van der Waals surface area contributed by atoms with Gasteiger partial charge in [0.1, 0.15) is 12.2 Å². The molecular weight excluding hydrogens is 370 g/mol. The van der Waals surface area contributed by atoms with Crippen LogP contribution < -0.4 is 5.32 Å². The topological polar surface area (TPSA) is 146 Å². The molecule has 0 saturated carbocycles. The molecule has 1 amide bonds. The Bertz CT molecular complexity index is 459. The van der Waals surface area contributed by atoms with Gasteiger partial charge in [-0.3, -0.25) is 9.59 Å². The predicted octanol–water partition coefficient (Wildman–Crippen LogP) is 0.400. The quantitative estimate of drug-likeness (QED) is 0.261. The number of amides is 1. The third kappa shape index (κ3) is 9.29. The highest BCUT2D eigenvalue weighted by Gasteiger charge is 2.42. The number of aliphatic hydroxyl groups excluding tert-OH is 3. The van der Waals surface area contributed by atoms with Crippen molar-refractivity contribution >= 4 is 11.9 Å². The van der Waals surface area contributed by atoms with Gasteiger partial charge in [-0.05, 0) is 19.3 Å². The van der Waals surface area contributed by atoms with Crippen molar-refractivity contribution in [1.82, 2.24) is 5.32 Å². The zero-order valence-electron chi connectivity index (χ0n) is 16.6. The SMILES string of the molecule is CC1C(OCCCC(=O)NCCCCCCCC(=O)O)OC(CO)C(O)C1O. The van der Waals surface area contributed by atoms with Crippen molar-refractivity contribution in [2.24, 2.45) is 5.92 Å². The zero-order chi connectivity index (χ0) is 20.9. The molecule has 0 radical (unpaired) electrons. The van der Waals surface area contributed by atoms with E-state index in [9.17, 15) is 24.9 Å². The number of aliphatic hydroxyl groups is 3. The molecule has 1 aliphatic rings. The molecule has 1 rings (SSSR count). The summed E-state index contributed by atoms with van der Waals surface area (Å²) in [5.41, 5.74) is 0. The van der Waals surface area contributed by atoms with Gasteiger partial charge in [-0.15, -0.1) is 0 Å². The van der Waals surface area contributed by atoms with Gasteiger partial charge in [0, 0.05) is 25.3 Å². The number of rotatable bonds is 14. The highest BCUT2D eigenvalue weighted by atomic mass is 16.7. The summed E-state index contributed by atoms with van der Waals surface area (Å²) >= 11 is 0. The van der Waals surface area contributed by atoms with Crippen molar-refractivity contribution in [3.8, 4) is 0 Å². The first-order chi connectivity index (χ1) is 13.4. The Morgan fingerprint density at radius 1 is 1.00 bits per heavy atom. The molecule has 0 aromatic rings. The van der Waals surface area contributed by atoms with Crippen molar-refractivity contribution in [3.05, 3.63) is 0 Å². The molecule has 1 aliphatic heterocycles. The highest BCUT2D eigenvalue weighted by molar-refractivity contribution is 5.75. The summed E-state index contributed by atoms with van der Waals surface area (Å²) < 4.78 is 11.0. The summed E-state index contributed by atoms with van der Waals surface area (Å²) in [5, 5.41) is 40.3. The molecule has 5 atom stereocenters. The zero-order valence-corrected chi connectivity index (χ0v) is 16.6. The smallest absolute Gasteiger partial charge is 0.303 e. The Morgan fingerprint density at radius 2 is 1.68 bits per heavy atom. The molecule has 0 aliphatic carbocycles. The molecule has 28 heavy (non-hydrogen) atoms. The monoisotopic (exact) mass is 405 g/mol. The van der Waals surface area contributed by atoms with E-state index in [-0.39, 0.29) is 18.9 Å². The molecule has 0 aromatic heterocycles. The third-order valence-corrected chi connectivity index (χ3v) is 4.91. The van der Waals surface area contributed by atoms with E-state index in [0.717, 1.165) is 25.7 Å². The number of nitrogens with one attached hydrogen (secondary N) is 1. The number of aliphatic carboxylic acids is 1. The summed E-state index contributed by atoms with van der Waals surface area (Å²) in [6, 6.07) is 0. The van der Waals surface area contributed by atoms with Crippen molar-refractivity contribution in [1.29, 1.82) is 0 Å². The minimum absolute atomic E-state index is 0.0595. The van der Waals surface area contributed by atoms with Gasteiger partial charge in [0.15, 0.2) is 6.29 Å². The lowest BCUT2D eigenvalue weighted by molar-refractivity contribution is -0.282. The van der Waals surface area contributed by atoms with Crippen molar-refractivity contribution < 1.29 is 39.5 Å². The molecule has 0 bridgehead atoms. The van der Waals surface area contributed by atoms with E-state index in [4.69, 9.17) is 14.6 Å². The van der Waals surface area contributed by atoms with Crippen LogP contribution in [0.15, 0.2) is 0 Å². The van der Waals surface area contributed by atoms with Gasteiger partial charge in [-0.1, -0.05) is 26.2 Å².